The molecule has 6 nitrogen and oxygen atoms in total. The molecule has 0 saturated heterocycles. The molecule has 0 fully saturated rings. The first kappa shape index (κ1) is 19.0. The lowest BCUT2D eigenvalue weighted by Gasteiger charge is -2.24. The van der Waals surface area contributed by atoms with Gasteiger partial charge in [-0.3, -0.25) is 4.55 Å². The monoisotopic (exact) mass is 306 g/mol. The second-order valence-electron chi connectivity index (χ2n) is 4.62. The Morgan fingerprint density at radius 3 is 1.60 bits per heavy atom. The number of aliphatic hydroxyl groups excluding tert-OH is 3. The van der Waals surface area contributed by atoms with Gasteiger partial charge in [0.25, 0.3) is 10.1 Å². The highest BCUT2D eigenvalue weighted by Gasteiger charge is 2.24. The summed E-state index contributed by atoms with van der Waals surface area (Å²) >= 11 is 0. The Morgan fingerprint density at radius 2 is 1.40 bits per heavy atom. The zero-order valence-electron chi connectivity index (χ0n) is 11.7. The first-order chi connectivity index (χ1) is 9.24. The van der Waals surface area contributed by atoms with Gasteiger partial charge >= 0.3 is 0 Å². The van der Waals surface area contributed by atoms with E-state index in [1.165, 1.54) is 12.1 Å². The Balaban J connectivity index is 0.000000370. The zero-order chi connectivity index (χ0) is 15.8. The van der Waals surface area contributed by atoms with Crippen molar-refractivity contribution in [2.24, 2.45) is 5.41 Å². The van der Waals surface area contributed by atoms with E-state index >= 15 is 0 Å². The smallest absolute Gasteiger partial charge is 0.294 e. The molecule has 0 aromatic heterocycles. The second-order valence-corrected chi connectivity index (χ2v) is 6.04. The first-order valence-corrected chi connectivity index (χ1v) is 7.55. The molecule has 0 heterocycles. The van der Waals surface area contributed by atoms with Gasteiger partial charge in [0.1, 0.15) is 0 Å². The van der Waals surface area contributed by atoms with E-state index in [0.29, 0.717) is 6.42 Å². The summed E-state index contributed by atoms with van der Waals surface area (Å²) in [6, 6.07) is 5.99. The predicted molar refractivity (Wildman–Crippen MR) is 75.0 cm³/mol. The fourth-order valence-corrected chi connectivity index (χ4v) is 1.68. The van der Waals surface area contributed by atoms with E-state index in [1.54, 1.807) is 12.1 Å². The number of hydrogen-bond donors (Lipinski definition) is 4. The van der Waals surface area contributed by atoms with Crippen LogP contribution in [0.15, 0.2) is 29.2 Å². The highest BCUT2D eigenvalue weighted by atomic mass is 32.2. The average molecular weight is 306 g/mol. The van der Waals surface area contributed by atoms with Crippen molar-refractivity contribution in [3.63, 3.8) is 0 Å². The molecule has 0 amide bonds. The van der Waals surface area contributed by atoms with Gasteiger partial charge < -0.3 is 15.3 Å². The molecule has 116 valence electrons. The van der Waals surface area contributed by atoms with Crippen LogP contribution in [0.3, 0.4) is 0 Å². The topological polar surface area (TPSA) is 115 Å². The lowest BCUT2D eigenvalue weighted by atomic mass is 9.88. The fraction of sp³-hybridized carbons (Fsp3) is 0.538. The van der Waals surface area contributed by atoms with Gasteiger partial charge in [0.2, 0.25) is 0 Å². The third kappa shape index (κ3) is 5.98. The van der Waals surface area contributed by atoms with Crippen LogP contribution < -0.4 is 0 Å². The Hall–Kier alpha value is -0.990. The summed E-state index contributed by atoms with van der Waals surface area (Å²) < 4.78 is 29.6. The molecular formula is C13H22O6S. The van der Waals surface area contributed by atoms with Crippen LogP contribution in [0.2, 0.25) is 0 Å². The van der Waals surface area contributed by atoms with Crippen LogP contribution >= 0.6 is 0 Å². The fourth-order valence-electron chi connectivity index (χ4n) is 1.20. The third-order valence-electron chi connectivity index (χ3n) is 3.08. The first-order valence-electron chi connectivity index (χ1n) is 6.11. The van der Waals surface area contributed by atoms with Crippen molar-refractivity contribution in [1.29, 1.82) is 0 Å². The summed E-state index contributed by atoms with van der Waals surface area (Å²) in [5, 5.41) is 26.0. The average Bonchev–Trinajstić information content (AvgIpc) is 2.42. The highest BCUT2D eigenvalue weighted by Crippen LogP contribution is 2.18. The summed E-state index contributed by atoms with van der Waals surface area (Å²) in [5.41, 5.74) is 0.289. The third-order valence-corrected chi connectivity index (χ3v) is 3.94. The molecule has 20 heavy (non-hydrogen) atoms. The van der Waals surface area contributed by atoms with E-state index in [2.05, 4.69) is 0 Å². The van der Waals surface area contributed by atoms with Crippen molar-refractivity contribution in [3.05, 3.63) is 29.8 Å². The molecule has 0 spiro atoms. The molecule has 0 aliphatic carbocycles. The Kier molecular flexibility index (Phi) is 7.92. The lowest BCUT2D eigenvalue weighted by Crippen LogP contribution is -2.32. The maximum atomic E-state index is 10.5. The second kappa shape index (κ2) is 8.33. The maximum absolute atomic E-state index is 10.5. The maximum Gasteiger partial charge on any atom is 0.294 e. The standard InChI is InChI=1S/C7H8O3S.C6H14O3/c1-6-2-4-7(5-3-6)11(8,9)10;1-2-6(3-7,4-8)5-9/h2-5H,1H3,(H,8,9,10);7-9H,2-5H2,1H3. The molecule has 1 aromatic rings. The number of aryl methyl sites for hydroxylation is 1. The van der Waals surface area contributed by atoms with Gasteiger partial charge in [0, 0.05) is 5.41 Å². The predicted octanol–water partition coefficient (Wildman–Crippen LogP) is 0.601. The molecule has 1 rings (SSSR count). The molecule has 0 saturated carbocycles. The molecule has 1 aromatic carbocycles. The molecule has 7 heteroatoms. The van der Waals surface area contributed by atoms with Crippen LogP contribution in [-0.2, 0) is 10.1 Å². The Morgan fingerprint density at radius 1 is 1.00 bits per heavy atom. The van der Waals surface area contributed by atoms with Gasteiger partial charge in [-0.2, -0.15) is 8.42 Å². The van der Waals surface area contributed by atoms with E-state index in [-0.39, 0.29) is 24.7 Å². The van der Waals surface area contributed by atoms with Crippen molar-refractivity contribution in [3.8, 4) is 0 Å². The highest BCUT2D eigenvalue weighted by molar-refractivity contribution is 7.85. The number of aliphatic hydroxyl groups is 3. The molecule has 4 N–H and O–H groups in total. The number of rotatable bonds is 5. The van der Waals surface area contributed by atoms with E-state index in [9.17, 15) is 8.42 Å². The quantitative estimate of drug-likeness (QED) is 0.592. The van der Waals surface area contributed by atoms with Crippen molar-refractivity contribution >= 4 is 10.1 Å². The minimum absolute atomic E-state index is 0.0666. The Labute approximate surface area is 119 Å². The van der Waals surface area contributed by atoms with Crippen molar-refractivity contribution < 1.29 is 28.3 Å². The Bertz CT molecular complexity index is 459. The molecular weight excluding hydrogens is 284 g/mol. The van der Waals surface area contributed by atoms with Crippen molar-refractivity contribution in [2.75, 3.05) is 19.8 Å². The van der Waals surface area contributed by atoms with Gasteiger partial charge in [-0.1, -0.05) is 24.6 Å². The van der Waals surface area contributed by atoms with Crippen molar-refractivity contribution in [1.82, 2.24) is 0 Å². The molecule has 0 unspecified atom stereocenters. The molecule has 0 aliphatic rings. The van der Waals surface area contributed by atoms with E-state index in [1.807, 2.05) is 13.8 Å². The van der Waals surface area contributed by atoms with Gasteiger partial charge in [0.15, 0.2) is 0 Å². The van der Waals surface area contributed by atoms with Gasteiger partial charge in [-0.15, -0.1) is 0 Å². The molecule has 0 bridgehead atoms. The summed E-state index contributed by atoms with van der Waals surface area (Å²) in [5.74, 6) is 0. The zero-order valence-corrected chi connectivity index (χ0v) is 12.5. The van der Waals surface area contributed by atoms with Crippen LogP contribution in [0.5, 0.6) is 0 Å². The minimum Gasteiger partial charge on any atom is -0.396 e. The summed E-state index contributed by atoms with van der Waals surface area (Å²) in [4.78, 5) is -0.0666. The lowest BCUT2D eigenvalue weighted by molar-refractivity contribution is 0.00304. The minimum atomic E-state index is -4.02. The van der Waals surface area contributed by atoms with Gasteiger partial charge in [-0.25, -0.2) is 0 Å². The number of benzene rings is 1. The SMILES string of the molecule is CCC(CO)(CO)CO.Cc1ccc(S(=O)(=O)O)cc1. The van der Waals surface area contributed by atoms with Crippen LogP contribution in [-0.4, -0.2) is 48.1 Å². The molecule has 0 aliphatic heterocycles. The molecule has 0 radical (unpaired) electrons. The van der Waals surface area contributed by atoms with Gasteiger partial charge in [-0.05, 0) is 25.5 Å². The van der Waals surface area contributed by atoms with Crippen LogP contribution in [0.4, 0.5) is 0 Å². The van der Waals surface area contributed by atoms with E-state index < -0.39 is 15.5 Å². The van der Waals surface area contributed by atoms with Crippen molar-refractivity contribution in [2.45, 2.75) is 25.2 Å². The summed E-state index contributed by atoms with van der Waals surface area (Å²) in [6.45, 7) is 3.19. The van der Waals surface area contributed by atoms with Crippen LogP contribution in [0, 0.1) is 12.3 Å². The molecule has 0 atom stereocenters. The summed E-state index contributed by atoms with van der Waals surface area (Å²) in [6.07, 6.45) is 0.594. The van der Waals surface area contributed by atoms with Crippen LogP contribution in [0.1, 0.15) is 18.9 Å². The van der Waals surface area contributed by atoms with E-state index in [4.69, 9.17) is 19.9 Å². The van der Waals surface area contributed by atoms with E-state index in [0.717, 1.165) is 5.56 Å². The summed E-state index contributed by atoms with van der Waals surface area (Å²) in [7, 11) is -4.02. The van der Waals surface area contributed by atoms with Gasteiger partial charge in [0.05, 0.1) is 24.7 Å². The number of hydrogen-bond acceptors (Lipinski definition) is 5. The normalized spacial score (nSPS) is 11.7. The van der Waals surface area contributed by atoms with Crippen LogP contribution in [0.25, 0.3) is 0 Å². The largest absolute Gasteiger partial charge is 0.396 e.